The number of halogens is 2. The normalized spacial score (nSPS) is 17.6. The summed E-state index contributed by atoms with van der Waals surface area (Å²) in [6.45, 7) is 3.23. The average Bonchev–Trinajstić information content (AvgIpc) is 2.10. The number of hydrogen-bond donors (Lipinski definition) is 0. The molecule has 82 valence electrons. The lowest BCUT2D eigenvalue weighted by Crippen LogP contribution is -2.51. The van der Waals surface area contributed by atoms with Gasteiger partial charge in [0, 0.05) is 13.1 Å². The largest absolute Gasteiger partial charge is 0.485 e. The fraction of sp³-hybridized carbons (Fsp3) is 0.455. The highest BCUT2D eigenvalue weighted by molar-refractivity contribution is 5.31. The van der Waals surface area contributed by atoms with Gasteiger partial charge in [-0.15, -0.1) is 0 Å². The zero-order valence-electron chi connectivity index (χ0n) is 8.76. The van der Waals surface area contributed by atoms with Crippen molar-refractivity contribution in [3.05, 3.63) is 29.3 Å². The molecule has 0 spiro atoms. The van der Waals surface area contributed by atoms with Crippen molar-refractivity contribution < 1.29 is 13.5 Å². The Kier molecular flexibility index (Phi) is 2.61. The van der Waals surface area contributed by atoms with Crippen LogP contribution in [-0.4, -0.2) is 31.1 Å². The summed E-state index contributed by atoms with van der Waals surface area (Å²) < 4.78 is 31.7. The van der Waals surface area contributed by atoms with Crippen LogP contribution in [0.5, 0.6) is 5.75 Å². The van der Waals surface area contributed by atoms with Gasteiger partial charge in [-0.25, -0.2) is 4.39 Å². The number of benzene rings is 1. The van der Waals surface area contributed by atoms with Gasteiger partial charge in [-0.3, -0.25) is 4.90 Å². The summed E-state index contributed by atoms with van der Waals surface area (Å²) in [5, 5.41) is 0. The third kappa shape index (κ3) is 2.09. The summed E-state index contributed by atoms with van der Waals surface area (Å²) in [5.41, 5.74) is 0.663. The second-order valence-electron chi connectivity index (χ2n) is 4.02. The Morgan fingerprint density at radius 1 is 1.33 bits per heavy atom. The molecule has 0 atom stereocenters. The number of aryl methyl sites for hydroxylation is 1. The minimum Gasteiger partial charge on any atom is -0.485 e. The number of ether oxygens (including phenoxy) is 1. The topological polar surface area (TPSA) is 12.5 Å². The van der Waals surface area contributed by atoms with E-state index in [0.29, 0.717) is 5.56 Å². The third-order valence-electron chi connectivity index (χ3n) is 2.46. The van der Waals surface area contributed by atoms with Gasteiger partial charge >= 0.3 is 0 Å². The molecule has 1 aliphatic heterocycles. The molecule has 0 unspecified atom stereocenters. The first-order chi connectivity index (χ1) is 7.06. The molecule has 1 aromatic rings. The van der Waals surface area contributed by atoms with Crippen LogP contribution in [0.4, 0.5) is 8.78 Å². The molecular formula is C11H13F2NO. The molecule has 1 aromatic carbocycles. The van der Waals surface area contributed by atoms with Gasteiger partial charge in [0.2, 0.25) is 5.82 Å². The molecular weight excluding hydrogens is 200 g/mol. The second kappa shape index (κ2) is 3.77. The number of nitrogens with zero attached hydrogens (tertiary/aromatic N) is 1. The van der Waals surface area contributed by atoms with Gasteiger partial charge in [0.1, 0.15) is 6.10 Å². The molecule has 0 amide bonds. The minimum atomic E-state index is -0.893. The highest BCUT2D eigenvalue weighted by Gasteiger charge is 2.26. The lowest BCUT2D eigenvalue weighted by molar-refractivity contribution is 0.0355. The van der Waals surface area contributed by atoms with Gasteiger partial charge in [-0.1, -0.05) is 0 Å². The maximum Gasteiger partial charge on any atom is 0.200 e. The Hall–Kier alpha value is -1.16. The van der Waals surface area contributed by atoms with Gasteiger partial charge in [-0.2, -0.15) is 4.39 Å². The van der Waals surface area contributed by atoms with Crippen molar-refractivity contribution >= 4 is 0 Å². The molecule has 2 rings (SSSR count). The smallest absolute Gasteiger partial charge is 0.200 e. The monoisotopic (exact) mass is 213 g/mol. The average molecular weight is 213 g/mol. The Morgan fingerprint density at radius 3 is 2.60 bits per heavy atom. The summed E-state index contributed by atoms with van der Waals surface area (Å²) >= 11 is 0. The maximum atomic E-state index is 13.3. The van der Waals surface area contributed by atoms with Crippen LogP contribution in [0, 0.1) is 18.6 Å². The van der Waals surface area contributed by atoms with E-state index in [9.17, 15) is 8.78 Å². The highest BCUT2D eigenvalue weighted by atomic mass is 19.2. The van der Waals surface area contributed by atoms with Crippen LogP contribution >= 0.6 is 0 Å². The zero-order valence-corrected chi connectivity index (χ0v) is 8.76. The number of hydrogen-bond acceptors (Lipinski definition) is 2. The Labute approximate surface area is 87.5 Å². The number of likely N-dealkylation sites (tertiary alicyclic amines) is 1. The summed E-state index contributed by atoms with van der Waals surface area (Å²) in [6, 6.07) is 2.69. The van der Waals surface area contributed by atoms with Crippen molar-refractivity contribution in [1.29, 1.82) is 0 Å². The van der Waals surface area contributed by atoms with Gasteiger partial charge < -0.3 is 4.74 Å². The molecule has 1 heterocycles. The van der Waals surface area contributed by atoms with Crippen molar-refractivity contribution in [3.63, 3.8) is 0 Å². The van der Waals surface area contributed by atoms with Gasteiger partial charge in [0.25, 0.3) is 0 Å². The lowest BCUT2D eigenvalue weighted by atomic mass is 10.2. The fourth-order valence-electron chi connectivity index (χ4n) is 1.67. The van der Waals surface area contributed by atoms with Crippen molar-refractivity contribution in [2.45, 2.75) is 13.0 Å². The molecule has 0 aliphatic carbocycles. The van der Waals surface area contributed by atoms with E-state index in [-0.39, 0.29) is 11.9 Å². The standard InChI is InChI=1S/C11H13F2NO/c1-7-3-9(12)11(13)10(4-7)15-8-5-14(2)6-8/h3-4,8H,5-6H2,1-2H3. The van der Waals surface area contributed by atoms with Crippen LogP contribution in [-0.2, 0) is 0 Å². The molecule has 0 bridgehead atoms. The quantitative estimate of drug-likeness (QED) is 0.744. The molecule has 1 saturated heterocycles. The van der Waals surface area contributed by atoms with Crippen molar-refractivity contribution in [3.8, 4) is 5.75 Å². The molecule has 0 radical (unpaired) electrons. The van der Waals surface area contributed by atoms with E-state index in [1.807, 2.05) is 7.05 Å². The first-order valence-electron chi connectivity index (χ1n) is 4.87. The second-order valence-corrected chi connectivity index (χ2v) is 4.02. The van der Waals surface area contributed by atoms with E-state index in [2.05, 4.69) is 4.90 Å². The van der Waals surface area contributed by atoms with Crippen molar-refractivity contribution in [2.75, 3.05) is 20.1 Å². The Balaban J connectivity index is 2.13. The fourth-order valence-corrected chi connectivity index (χ4v) is 1.67. The van der Waals surface area contributed by atoms with Crippen molar-refractivity contribution in [1.82, 2.24) is 4.90 Å². The van der Waals surface area contributed by atoms with Crippen LogP contribution in [0.1, 0.15) is 5.56 Å². The van der Waals surface area contributed by atoms with Crippen LogP contribution < -0.4 is 4.74 Å². The Bertz CT molecular complexity index is 375. The minimum absolute atomic E-state index is 0.0191. The summed E-state index contributed by atoms with van der Waals surface area (Å²) in [7, 11) is 1.95. The highest BCUT2D eigenvalue weighted by Crippen LogP contribution is 2.24. The van der Waals surface area contributed by atoms with E-state index in [1.54, 1.807) is 6.92 Å². The molecule has 1 aliphatic rings. The molecule has 0 saturated carbocycles. The maximum absolute atomic E-state index is 13.3. The molecule has 15 heavy (non-hydrogen) atoms. The predicted molar refractivity (Wildman–Crippen MR) is 53.0 cm³/mol. The van der Waals surface area contributed by atoms with Crippen molar-refractivity contribution in [2.24, 2.45) is 0 Å². The molecule has 4 heteroatoms. The first-order valence-corrected chi connectivity index (χ1v) is 4.87. The van der Waals surface area contributed by atoms with Gasteiger partial charge in [-0.05, 0) is 31.7 Å². The zero-order chi connectivity index (χ0) is 11.0. The van der Waals surface area contributed by atoms with Gasteiger partial charge in [0.15, 0.2) is 11.6 Å². The van der Waals surface area contributed by atoms with E-state index < -0.39 is 11.6 Å². The summed E-state index contributed by atoms with van der Waals surface area (Å²) in [4.78, 5) is 2.05. The molecule has 1 fully saturated rings. The summed E-state index contributed by atoms with van der Waals surface area (Å²) in [6.07, 6.45) is -0.0225. The third-order valence-corrected chi connectivity index (χ3v) is 2.46. The molecule has 2 nitrogen and oxygen atoms in total. The SMILES string of the molecule is Cc1cc(F)c(F)c(OC2CN(C)C2)c1. The number of likely N-dealkylation sites (N-methyl/N-ethyl adjacent to an activating group) is 1. The molecule has 0 N–H and O–H groups in total. The lowest BCUT2D eigenvalue weighted by Gasteiger charge is -2.36. The van der Waals surface area contributed by atoms with Crippen LogP contribution in [0.3, 0.4) is 0 Å². The summed E-state index contributed by atoms with van der Waals surface area (Å²) in [5.74, 6) is -1.72. The van der Waals surface area contributed by atoms with Crippen LogP contribution in [0.15, 0.2) is 12.1 Å². The molecule has 0 aromatic heterocycles. The van der Waals surface area contributed by atoms with Crippen LogP contribution in [0.2, 0.25) is 0 Å². The Morgan fingerprint density at radius 2 is 2.00 bits per heavy atom. The van der Waals surface area contributed by atoms with E-state index in [1.165, 1.54) is 6.07 Å². The number of rotatable bonds is 2. The van der Waals surface area contributed by atoms with E-state index in [4.69, 9.17) is 4.74 Å². The van der Waals surface area contributed by atoms with Crippen LogP contribution in [0.25, 0.3) is 0 Å². The van der Waals surface area contributed by atoms with Gasteiger partial charge in [0.05, 0.1) is 0 Å². The van der Waals surface area contributed by atoms with E-state index in [0.717, 1.165) is 19.2 Å². The first kappa shape index (κ1) is 10.4. The predicted octanol–water partition coefficient (Wildman–Crippen LogP) is 1.97. The van der Waals surface area contributed by atoms with E-state index >= 15 is 0 Å².